The van der Waals surface area contributed by atoms with Crippen molar-refractivity contribution in [3.05, 3.63) is 90.9 Å². The molecule has 3 aromatic carbocycles. The first-order valence-corrected chi connectivity index (χ1v) is 12.6. The number of hydrogen-bond donors (Lipinski definition) is 1. The van der Waals surface area contributed by atoms with Gasteiger partial charge in [0.1, 0.15) is 12.2 Å². The van der Waals surface area contributed by atoms with Crippen LogP contribution < -0.4 is 19.7 Å². The molecule has 4 amide bonds. The van der Waals surface area contributed by atoms with E-state index in [0.717, 1.165) is 21.6 Å². The number of aryl methyl sites for hydroxylation is 2. The fraction of sp³-hybridized carbons (Fsp3) is 0.148. The molecule has 3 aromatic rings. The third-order valence-corrected chi connectivity index (χ3v) is 6.95. The molecule has 10 heteroatoms. The topological polar surface area (TPSA) is 84.9 Å². The van der Waals surface area contributed by atoms with E-state index < -0.39 is 17.8 Å². The lowest BCUT2D eigenvalue weighted by Crippen LogP contribution is -2.54. The number of benzene rings is 3. The molecular formula is C27H21BrCl2N2O5. The Morgan fingerprint density at radius 3 is 2.43 bits per heavy atom. The van der Waals surface area contributed by atoms with Crippen LogP contribution in [0.1, 0.15) is 22.3 Å². The Kier molecular flexibility index (Phi) is 7.92. The summed E-state index contributed by atoms with van der Waals surface area (Å²) in [6, 6.07) is 13.0. The maximum Gasteiger partial charge on any atom is 0.335 e. The van der Waals surface area contributed by atoms with Crippen molar-refractivity contribution in [3.8, 4) is 11.5 Å². The van der Waals surface area contributed by atoms with Gasteiger partial charge in [0.25, 0.3) is 11.8 Å². The van der Waals surface area contributed by atoms with E-state index >= 15 is 0 Å². The summed E-state index contributed by atoms with van der Waals surface area (Å²) in [6.45, 7) is 3.90. The molecule has 0 unspecified atom stereocenters. The van der Waals surface area contributed by atoms with Crippen molar-refractivity contribution in [2.45, 2.75) is 20.5 Å². The van der Waals surface area contributed by atoms with Gasteiger partial charge in [-0.1, -0.05) is 47.0 Å². The van der Waals surface area contributed by atoms with Gasteiger partial charge in [-0.15, -0.1) is 0 Å². The molecule has 1 heterocycles. The highest BCUT2D eigenvalue weighted by atomic mass is 79.9. The number of anilines is 1. The average Bonchev–Trinajstić information content (AvgIpc) is 2.84. The van der Waals surface area contributed by atoms with E-state index in [1.165, 1.54) is 13.2 Å². The lowest BCUT2D eigenvalue weighted by atomic mass is 10.0. The zero-order valence-electron chi connectivity index (χ0n) is 20.0. The largest absolute Gasteiger partial charge is 0.493 e. The van der Waals surface area contributed by atoms with Gasteiger partial charge < -0.3 is 9.47 Å². The number of amides is 4. The van der Waals surface area contributed by atoms with Crippen LogP contribution in [0.15, 0.2) is 58.6 Å². The molecule has 0 aromatic heterocycles. The van der Waals surface area contributed by atoms with Crippen molar-refractivity contribution in [2.24, 2.45) is 0 Å². The van der Waals surface area contributed by atoms with E-state index in [4.69, 9.17) is 32.7 Å². The van der Waals surface area contributed by atoms with Crippen LogP contribution in [-0.4, -0.2) is 25.0 Å². The predicted molar refractivity (Wildman–Crippen MR) is 146 cm³/mol. The van der Waals surface area contributed by atoms with Gasteiger partial charge in [-0.3, -0.25) is 14.9 Å². The van der Waals surface area contributed by atoms with Crippen LogP contribution in [0.3, 0.4) is 0 Å². The first kappa shape index (κ1) is 26.7. The second-order valence-corrected chi connectivity index (χ2v) is 9.99. The number of imide groups is 2. The van der Waals surface area contributed by atoms with Crippen LogP contribution in [0.25, 0.3) is 6.08 Å². The van der Waals surface area contributed by atoms with Crippen molar-refractivity contribution >= 4 is 68.7 Å². The molecule has 1 fully saturated rings. The number of nitrogens with zero attached hydrogens (tertiary/aromatic N) is 1. The van der Waals surface area contributed by atoms with E-state index in [0.29, 0.717) is 37.3 Å². The fourth-order valence-corrected chi connectivity index (χ4v) is 4.74. The third kappa shape index (κ3) is 5.66. The Bertz CT molecular complexity index is 1470. The van der Waals surface area contributed by atoms with Gasteiger partial charge >= 0.3 is 6.03 Å². The summed E-state index contributed by atoms with van der Waals surface area (Å²) in [7, 11) is 1.48. The summed E-state index contributed by atoms with van der Waals surface area (Å²) in [4.78, 5) is 39.4. The molecule has 0 aliphatic carbocycles. The van der Waals surface area contributed by atoms with Gasteiger partial charge in [-0.05, 0) is 82.9 Å². The second kappa shape index (κ2) is 11.0. The Labute approximate surface area is 232 Å². The molecule has 1 N–H and O–H groups in total. The van der Waals surface area contributed by atoms with Crippen molar-refractivity contribution in [1.29, 1.82) is 0 Å². The van der Waals surface area contributed by atoms with Crippen LogP contribution in [0, 0.1) is 13.8 Å². The Morgan fingerprint density at radius 2 is 1.76 bits per heavy atom. The number of ether oxygens (including phenoxy) is 2. The Hall–Kier alpha value is -3.33. The number of methoxy groups -OCH3 is 1. The maximum absolute atomic E-state index is 13.3. The maximum atomic E-state index is 13.3. The standard InChI is InChI=1S/C27H21BrCl2N2O5/c1-14-4-7-22(15(2)8-14)32-26(34)18(25(33)31-27(32)35)9-17-10-19(28)24(23(12-17)36-3)37-13-16-5-6-20(29)21(30)11-16/h4-12H,13H2,1-3H3,(H,31,33,35)/b18-9+. The number of rotatable bonds is 6. The van der Waals surface area contributed by atoms with Gasteiger partial charge in [0.2, 0.25) is 0 Å². The number of carbonyl (C=O) groups is 3. The molecule has 190 valence electrons. The minimum atomic E-state index is -0.802. The van der Waals surface area contributed by atoms with Crippen LogP contribution in [-0.2, 0) is 16.2 Å². The fourth-order valence-electron chi connectivity index (χ4n) is 3.85. The first-order chi connectivity index (χ1) is 17.6. The highest BCUT2D eigenvalue weighted by molar-refractivity contribution is 9.10. The number of halogens is 3. The highest BCUT2D eigenvalue weighted by Gasteiger charge is 2.37. The highest BCUT2D eigenvalue weighted by Crippen LogP contribution is 2.38. The predicted octanol–water partition coefficient (Wildman–Crippen LogP) is 6.63. The number of nitrogens with one attached hydrogen (secondary N) is 1. The number of barbiturate groups is 1. The molecule has 4 rings (SSSR count). The lowest BCUT2D eigenvalue weighted by molar-refractivity contribution is -0.122. The summed E-state index contributed by atoms with van der Waals surface area (Å²) in [5, 5.41) is 3.10. The zero-order chi connectivity index (χ0) is 26.9. The molecule has 0 spiro atoms. The first-order valence-electron chi connectivity index (χ1n) is 11.0. The Balaban J connectivity index is 1.65. The van der Waals surface area contributed by atoms with Gasteiger partial charge in [0, 0.05) is 0 Å². The zero-order valence-corrected chi connectivity index (χ0v) is 23.1. The summed E-state index contributed by atoms with van der Waals surface area (Å²) in [5.74, 6) is -0.726. The van der Waals surface area contributed by atoms with E-state index in [2.05, 4.69) is 21.2 Å². The van der Waals surface area contributed by atoms with Gasteiger partial charge in [-0.2, -0.15) is 0 Å². The summed E-state index contributed by atoms with van der Waals surface area (Å²) >= 11 is 15.5. The quantitative estimate of drug-likeness (QED) is 0.253. The number of carbonyl (C=O) groups excluding carboxylic acids is 3. The van der Waals surface area contributed by atoms with Crippen LogP contribution in [0.2, 0.25) is 10.0 Å². The number of urea groups is 1. The molecule has 1 aliphatic rings. The third-order valence-electron chi connectivity index (χ3n) is 5.62. The molecule has 0 radical (unpaired) electrons. The normalized spacial score (nSPS) is 14.7. The second-order valence-electron chi connectivity index (χ2n) is 8.32. The molecule has 1 saturated heterocycles. The van der Waals surface area contributed by atoms with Gasteiger partial charge in [0.05, 0.1) is 27.3 Å². The summed E-state index contributed by atoms with van der Waals surface area (Å²) in [5.41, 5.74) is 3.20. The number of hydrogen-bond acceptors (Lipinski definition) is 5. The van der Waals surface area contributed by atoms with Crippen LogP contribution in [0.4, 0.5) is 10.5 Å². The van der Waals surface area contributed by atoms with E-state index in [9.17, 15) is 14.4 Å². The SMILES string of the molecule is COc1cc(/C=C2\C(=O)NC(=O)N(c3ccc(C)cc3C)C2=O)cc(Br)c1OCc1ccc(Cl)c(Cl)c1. The van der Waals surface area contributed by atoms with Gasteiger partial charge in [0.15, 0.2) is 11.5 Å². The van der Waals surface area contributed by atoms with Crippen molar-refractivity contribution in [3.63, 3.8) is 0 Å². The summed E-state index contributed by atoms with van der Waals surface area (Å²) in [6.07, 6.45) is 1.40. The van der Waals surface area contributed by atoms with Crippen LogP contribution >= 0.6 is 39.1 Å². The van der Waals surface area contributed by atoms with Crippen molar-refractivity contribution in [1.82, 2.24) is 5.32 Å². The van der Waals surface area contributed by atoms with Gasteiger partial charge in [-0.25, -0.2) is 9.69 Å². The monoisotopic (exact) mass is 602 g/mol. The molecule has 7 nitrogen and oxygen atoms in total. The Morgan fingerprint density at radius 1 is 1.00 bits per heavy atom. The molecule has 1 aliphatic heterocycles. The molecular weight excluding hydrogens is 583 g/mol. The van der Waals surface area contributed by atoms with Crippen molar-refractivity contribution in [2.75, 3.05) is 12.0 Å². The summed E-state index contributed by atoms with van der Waals surface area (Å²) < 4.78 is 12.0. The minimum Gasteiger partial charge on any atom is -0.493 e. The molecule has 0 atom stereocenters. The van der Waals surface area contributed by atoms with E-state index in [-0.39, 0.29) is 12.2 Å². The lowest BCUT2D eigenvalue weighted by Gasteiger charge is -2.27. The van der Waals surface area contributed by atoms with Crippen molar-refractivity contribution < 1.29 is 23.9 Å². The van der Waals surface area contributed by atoms with E-state index in [1.54, 1.807) is 49.4 Å². The molecule has 0 bridgehead atoms. The molecule has 0 saturated carbocycles. The molecule has 37 heavy (non-hydrogen) atoms. The smallest absolute Gasteiger partial charge is 0.335 e. The van der Waals surface area contributed by atoms with E-state index in [1.807, 2.05) is 13.0 Å². The van der Waals surface area contributed by atoms with Crippen LogP contribution in [0.5, 0.6) is 11.5 Å². The minimum absolute atomic E-state index is 0.195. The average molecular weight is 604 g/mol.